The number of benzene rings is 1. The van der Waals surface area contributed by atoms with Crippen LogP contribution in [-0.4, -0.2) is 11.8 Å². The number of carbonyl (C=O) groups excluding carboxylic acids is 1. The average molecular weight is 177 g/mol. The summed E-state index contributed by atoms with van der Waals surface area (Å²) >= 11 is 0. The zero-order valence-corrected chi connectivity index (χ0v) is 8.03. The van der Waals surface area contributed by atoms with Gasteiger partial charge >= 0.3 is 0 Å². The molecule has 0 bridgehead atoms. The minimum absolute atomic E-state index is 0.0237. The summed E-state index contributed by atoms with van der Waals surface area (Å²) in [5, 5.41) is 0. The van der Waals surface area contributed by atoms with Crippen molar-refractivity contribution in [2.24, 2.45) is 11.7 Å². The molecule has 0 spiro atoms. The quantitative estimate of drug-likeness (QED) is 0.716. The molecule has 2 nitrogen and oxygen atoms in total. The van der Waals surface area contributed by atoms with Crippen molar-refractivity contribution in [2.45, 2.75) is 19.9 Å². The highest BCUT2D eigenvalue weighted by Gasteiger charge is 2.18. The van der Waals surface area contributed by atoms with Crippen molar-refractivity contribution < 1.29 is 4.79 Å². The van der Waals surface area contributed by atoms with E-state index in [-0.39, 0.29) is 17.7 Å². The van der Waals surface area contributed by atoms with Gasteiger partial charge in [-0.15, -0.1) is 0 Å². The first-order valence-electron chi connectivity index (χ1n) is 4.47. The summed E-state index contributed by atoms with van der Waals surface area (Å²) in [7, 11) is 0. The Kier molecular flexibility index (Phi) is 3.20. The summed E-state index contributed by atoms with van der Waals surface area (Å²) in [6.07, 6.45) is 0. The van der Waals surface area contributed by atoms with Crippen molar-refractivity contribution >= 4 is 5.78 Å². The molecule has 1 atom stereocenters. The van der Waals surface area contributed by atoms with E-state index >= 15 is 0 Å². The zero-order chi connectivity index (χ0) is 9.84. The maximum atomic E-state index is 11.7. The van der Waals surface area contributed by atoms with Crippen molar-refractivity contribution in [3.63, 3.8) is 0 Å². The fourth-order valence-corrected chi connectivity index (χ4v) is 1.10. The van der Waals surface area contributed by atoms with Crippen LogP contribution in [0, 0.1) is 5.92 Å². The number of ketones is 1. The first kappa shape index (κ1) is 9.93. The van der Waals surface area contributed by atoms with E-state index in [2.05, 4.69) is 0 Å². The van der Waals surface area contributed by atoms with Gasteiger partial charge in [-0.2, -0.15) is 0 Å². The maximum absolute atomic E-state index is 11.7. The molecule has 70 valence electrons. The molecule has 0 heterocycles. The van der Waals surface area contributed by atoms with Gasteiger partial charge in [0, 0.05) is 5.56 Å². The molecule has 2 N–H and O–H groups in total. The molecule has 0 saturated carbocycles. The minimum atomic E-state index is -0.387. The topological polar surface area (TPSA) is 43.1 Å². The Morgan fingerprint density at radius 2 is 1.77 bits per heavy atom. The molecule has 1 rings (SSSR count). The molecule has 0 aromatic heterocycles. The van der Waals surface area contributed by atoms with E-state index in [4.69, 9.17) is 5.73 Å². The predicted octanol–water partition coefficient (Wildman–Crippen LogP) is 1.85. The van der Waals surface area contributed by atoms with Crippen LogP contribution in [0.3, 0.4) is 0 Å². The van der Waals surface area contributed by atoms with Gasteiger partial charge in [-0.1, -0.05) is 44.2 Å². The molecule has 13 heavy (non-hydrogen) atoms. The van der Waals surface area contributed by atoms with Gasteiger partial charge in [0.1, 0.15) is 0 Å². The van der Waals surface area contributed by atoms with Crippen LogP contribution >= 0.6 is 0 Å². The monoisotopic (exact) mass is 177 g/mol. The molecule has 2 heteroatoms. The molecule has 0 amide bonds. The lowest BCUT2D eigenvalue weighted by atomic mass is 9.96. The summed E-state index contributed by atoms with van der Waals surface area (Å²) in [5.41, 5.74) is 6.44. The van der Waals surface area contributed by atoms with Crippen molar-refractivity contribution in [1.82, 2.24) is 0 Å². The Morgan fingerprint density at radius 3 is 2.23 bits per heavy atom. The van der Waals surface area contributed by atoms with Crippen LogP contribution in [-0.2, 0) is 0 Å². The Balaban J connectivity index is 2.80. The second-order valence-electron chi connectivity index (χ2n) is 3.50. The van der Waals surface area contributed by atoms with Crippen LogP contribution in [0.15, 0.2) is 30.3 Å². The van der Waals surface area contributed by atoms with Crippen molar-refractivity contribution in [2.75, 3.05) is 0 Å². The standard InChI is InChI=1S/C11H15NO/c1-8(2)10(12)11(13)9-6-4-3-5-7-9/h3-8,10H,12H2,1-2H3. The van der Waals surface area contributed by atoms with Crippen molar-refractivity contribution in [3.05, 3.63) is 35.9 Å². The highest BCUT2D eigenvalue weighted by molar-refractivity contribution is 6.00. The number of carbonyl (C=O) groups is 1. The Labute approximate surface area is 78.8 Å². The second kappa shape index (κ2) is 4.19. The van der Waals surface area contributed by atoms with Crippen LogP contribution < -0.4 is 5.73 Å². The molecule has 1 aromatic rings. The van der Waals surface area contributed by atoms with Crippen LogP contribution in [0.4, 0.5) is 0 Å². The smallest absolute Gasteiger partial charge is 0.179 e. The van der Waals surface area contributed by atoms with Crippen LogP contribution in [0.1, 0.15) is 24.2 Å². The van der Waals surface area contributed by atoms with Crippen LogP contribution in [0.5, 0.6) is 0 Å². The lowest BCUT2D eigenvalue weighted by molar-refractivity contribution is 0.0940. The highest BCUT2D eigenvalue weighted by Crippen LogP contribution is 2.07. The predicted molar refractivity (Wildman–Crippen MR) is 53.6 cm³/mol. The molecule has 1 aromatic carbocycles. The number of hydrogen-bond acceptors (Lipinski definition) is 2. The second-order valence-corrected chi connectivity index (χ2v) is 3.50. The summed E-state index contributed by atoms with van der Waals surface area (Å²) in [6.45, 7) is 3.90. The lowest BCUT2D eigenvalue weighted by Gasteiger charge is -2.13. The first-order chi connectivity index (χ1) is 6.13. The zero-order valence-electron chi connectivity index (χ0n) is 8.03. The van der Waals surface area contributed by atoms with Crippen LogP contribution in [0.25, 0.3) is 0 Å². The van der Waals surface area contributed by atoms with E-state index in [1.807, 2.05) is 32.0 Å². The van der Waals surface area contributed by atoms with E-state index in [0.717, 1.165) is 0 Å². The van der Waals surface area contributed by atoms with Crippen LogP contribution in [0.2, 0.25) is 0 Å². The highest BCUT2D eigenvalue weighted by atomic mass is 16.1. The fourth-order valence-electron chi connectivity index (χ4n) is 1.10. The first-order valence-corrected chi connectivity index (χ1v) is 4.47. The molecular weight excluding hydrogens is 162 g/mol. The summed E-state index contributed by atoms with van der Waals surface area (Å²) in [6, 6.07) is 8.79. The van der Waals surface area contributed by atoms with Gasteiger partial charge in [-0.05, 0) is 5.92 Å². The number of nitrogens with two attached hydrogens (primary N) is 1. The Bertz CT molecular complexity index is 279. The molecule has 0 aliphatic heterocycles. The average Bonchev–Trinajstić information content (AvgIpc) is 2.17. The van der Waals surface area contributed by atoms with E-state index in [1.165, 1.54) is 0 Å². The Morgan fingerprint density at radius 1 is 1.23 bits per heavy atom. The summed E-state index contributed by atoms with van der Waals surface area (Å²) < 4.78 is 0. The number of hydrogen-bond donors (Lipinski definition) is 1. The molecular formula is C11H15NO. The van der Waals surface area contributed by atoms with E-state index < -0.39 is 0 Å². The third-order valence-electron chi connectivity index (χ3n) is 2.08. The largest absolute Gasteiger partial charge is 0.321 e. The van der Waals surface area contributed by atoms with Gasteiger partial charge in [-0.25, -0.2) is 0 Å². The fraction of sp³-hybridized carbons (Fsp3) is 0.364. The Hall–Kier alpha value is -1.15. The number of Topliss-reactive ketones (excluding diaryl/α,β-unsaturated/α-hetero) is 1. The van der Waals surface area contributed by atoms with Gasteiger partial charge in [0.05, 0.1) is 6.04 Å². The van der Waals surface area contributed by atoms with Gasteiger partial charge in [-0.3, -0.25) is 4.79 Å². The SMILES string of the molecule is CC(C)C(N)C(=O)c1ccccc1. The van der Waals surface area contributed by atoms with Gasteiger partial charge in [0.2, 0.25) is 0 Å². The number of rotatable bonds is 3. The van der Waals surface area contributed by atoms with Gasteiger partial charge in [0.15, 0.2) is 5.78 Å². The third kappa shape index (κ3) is 2.39. The van der Waals surface area contributed by atoms with Crippen molar-refractivity contribution in [1.29, 1.82) is 0 Å². The van der Waals surface area contributed by atoms with E-state index in [9.17, 15) is 4.79 Å². The third-order valence-corrected chi connectivity index (χ3v) is 2.08. The molecule has 0 fully saturated rings. The normalized spacial score (nSPS) is 12.9. The van der Waals surface area contributed by atoms with E-state index in [0.29, 0.717) is 5.56 Å². The van der Waals surface area contributed by atoms with Crippen molar-refractivity contribution in [3.8, 4) is 0 Å². The summed E-state index contributed by atoms with van der Waals surface area (Å²) in [4.78, 5) is 11.7. The maximum Gasteiger partial charge on any atom is 0.179 e. The lowest BCUT2D eigenvalue weighted by Crippen LogP contribution is -2.35. The van der Waals surface area contributed by atoms with Gasteiger partial charge < -0.3 is 5.73 Å². The molecule has 0 aliphatic rings. The summed E-state index contributed by atoms with van der Waals surface area (Å²) in [5.74, 6) is 0.211. The molecule has 0 saturated heterocycles. The molecule has 1 unspecified atom stereocenters. The van der Waals surface area contributed by atoms with Gasteiger partial charge in [0.25, 0.3) is 0 Å². The minimum Gasteiger partial charge on any atom is -0.321 e. The molecule has 0 aliphatic carbocycles. The van der Waals surface area contributed by atoms with E-state index in [1.54, 1.807) is 12.1 Å². The molecule has 0 radical (unpaired) electrons.